The maximum absolute atomic E-state index is 13.4. The lowest BCUT2D eigenvalue weighted by atomic mass is 10.0. The zero-order valence-corrected chi connectivity index (χ0v) is 18.0. The van der Waals surface area contributed by atoms with Crippen LogP contribution in [0.1, 0.15) is 19.5 Å². The number of anilines is 2. The highest BCUT2D eigenvalue weighted by Crippen LogP contribution is 2.30. The van der Waals surface area contributed by atoms with Crippen molar-refractivity contribution in [2.75, 3.05) is 5.32 Å². The van der Waals surface area contributed by atoms with Gasteiger partial charge in [-0.3, -0.25) is 4.98 Å². The van der Waals surface area contributed by atoms with E-state index >= 15 is 0 Å². The van der Waals surface area contributed by atoms with Gasteiger partial charge in [0.2, 0.25) is 0 Å². The van der Waals surface area contributed by atoms with Crippen molar-refractivity contribution in [3.63, 3.8) is 0 Å². The van der Waals surface area contributed by atoms with Crippen molar-refractivity contribution in [3.8, 4) is 11.5 Å². The molecule has 2 N–H and O–H groups in total. The van der Waals surface area contributed by atoms with Crippen LogP contribution in [0.5, 0.6) is 11.5 Å². The van der Waals surface area contributed by atoms with E-state index in [1.54, 1.807) is 30.7 Å². The van der Waals surface area contributed by atoms with Gasteiger partial charge in [0.25, 0.3) is 0 Å². The largest absolute Gasteiger partial charge is 0.457 e. The van der Waals surface area contributed by atoms with E-state index in [9.17, 15) is 8.78 Å². The minimum atomic E-state index is -0.612. The minimum Gasteiger partial charge on any atom is -0.457 e. The second kappa shape index (κ2) is 9.91. The van der Waals surface area contributed by atoms with Crippen LogP contribution in [0.15, 0.2) is 85.8 Å². The minimum absolute atomic E-state index is 0. The monoisotopic (exact) mass is 448 g/mol. The van der Waals surface area contributed by atoms with Crippen LogP contribution in [0, 0.1) is 18.6 Å². The molecule has 2 aromatic heterocycles. The highest BCUT2D eigenvalue weighted by Gasteiger charge is 2.10. The molecule has 4 aromatic rings. The first-order valence-electron chi connectivity index (χ1n) is 10.3. The summed E-state index contributed by atoms with van der Waals surface area (Å²) < 4.78 is 33.0. The second-order valence-corrected chi connectivity index (χ2v) is 7.38. The van der Waals surface area contributed by atoms with Gasteiger partial charge in [0.1, 0.15) is 29.0 Å². The molecule has 2 heterocycles. The van der Waals surface area contributed by atoms with Crippen molar-refractivity contribution >= 4 is 17.2 Å². The summed E-state index contributed by atoms with van der Waals surface area (Å²) >= 11 is 0. The molecule has 2 aromatic carbocycles. The SMILES string of the molecule is C=C(NCc1cc(F)cc(F)c1)c1cccc(Oc2ccnc(Nc3ccncc3)c2)c1C.[HH].[HH]. The Morgan fingerprint density at radius 2 is 1.76 bits per heavy atom. The van der Waals surface area contributed by atoms with Crippen molar-refractivity contribution < 1.29 is 16.4 Å². The third-order valence-electron chi connectivity index (χ3n) is 4.95. The average molecular weight is 449 g/mol. The van der Waals surface area contributed by atoms with Gasteiger partial charge in [-0.2, -0.15) is 0 Å². The molecule has 7 heteroatoms. The summed E-state index contributed by atoms with van der Waals surface area (Å²) in [5.41, 5.74) is 3.70. The Morgan fingerprint density at radius 3 is 2.52 bits per heavy atom. The Balaban J connectivity index is 0.00000216. The molecule has 0 fully saturated rings. The van der Waals surface area contributed by atoms with Gasteiger partial charge in [-0.1, -0.05) is 18.7 Å². The molecule has 170 valence electrons. The normalized spacial score (nSPS) is 10.5. The first-order chi connectivity index (χ1) is 16.0. The Labute approximate surface area is 193 Å². The van der Waals surface area contributed by atoms with E-state index in [1.165, 1.54) is 12.1 Å². The number of nitrogens with zero attached hydrogens (tertiary/aromatic N) is 2. The van der Waals surface area contributed by atoms with Crippen molar-refractivity contribution in [1.29, 1.82) is 0 Å². The summed E-state index contributed by atoms with van der Waals surface area (Å²) in [6.45, 7) is 6.25. The fourth-order valence-electron chi connectivity index (χ4n) is 3.32. The van der Waals surface area contributed by atoms with Gasteiger partial charge in [-0.05, 0) is 48.9 Å². The van der Waals surface area contributed by atoms with E-state index in [4.69, 9.17) is 4.74 Å². The standard InChI is InChI=1S/C26H22F2N4O.2H2/c1-17-24(18(2)31-16-19-12-20(27)14-21(28)13-19)4-3-5-25(17)33-23-8-11-30-26(15-23)32-22-6-9-29-10-7-22;;/h3-15,31H,2,16H2,1H3,(H,29,30,32);2*1H. The Hall–Kier alpha value is -4.26. The van der Waals surface area contributed by atoms with E-state index < -0.39 is 11.6 Å². The summed E-state index contributed by atoms with van der Waals surface area (Å²) in [6, 6.07) is 16.3. The number of hydrogen-bond donors (Lipinski definition) is 2. The molecule has 0 bridgehead atoms. The van der Waals surface area contributed by atoms with E-state index in [1.807, 2.05) is 37.3 Å². The number of rotatable bonds is 8. The molecule has 4 rings (SSSR count). The van der Waals surface area contributed by atoms with Crippen molar-refractivity contribution in [2.24, 2.45) is 0 Å². The number of pyridine rings is 2. The molecule has 33 heavy (non-hydrogen) atoms. The molecule has 0 amide bonds. The molecule has 0 unspecified atom stereocenters. The number of nitrogens with one attached hydrogen (secondary N) is 2. The molecule has 0 saturated heterocycles. The Bertz CT molecular complexity index is 1270. The zero-order valence-electron chi connectivity index (χ0n) is 18.0. The van der Waals surface area contributed by atoms with Gasteiger partial charge in [0.15, 0.2) is 0 Å². The summed E-state index contributed by atoms with van der Waals surface area (Å²) in [5.74, 6) is 0.697. The van der Waals surface area contributed by atoms with E-state index in [0.29, 0.717) is 28.6 Å². The maximum atomic E-state index is 13.4. The topological polar surface area (TPSA) is 59.1 Å². The third kappa shape index (κ3) is 5.71. The van der Waals surface area contributed by atoms with Crippen LogP contribution in [0.25, 0.3) is 5.70 Å². The Morgan fingerprint density at radius 1 is 1.00 bits per heavy atom. The van der Waals surface area contributed by atoms with Crippen LogP contribution in [-0.4, -0.2) is 9.97 Å². The first-order valence-corrected chi connectivity index (χ1v) is 10.3. The molecule has 0 spiro atoms. The lowest BCUT2D eigenvalue weighted by Gasteiger charge is -2.16. The quantitative estimate of drug-likeness (QED) is 0.309. The van der Waals surface area contributed by atoms with Crippen LogP contribution < -0.4 is 15.4 Å². The van der Waals surface area contributed by atoms with Crippen molar-refractivity contribution in [1.82, 2.24) is 15.3 Å². The number of benzene rings is 2. The lowest BCUT2D eigenvalue weighted by Crippen LogP contribution is -2.12. The maximum Gasteiger partial charge on any atom is 0.134 e. The van der Waals surface area contributed by atoms with Crippen LogP contribution in [0.2, 0.25) is 0 Å². The summed E-state index contributed by atoms with van der Waals surface area (Å²) in [7, 11) is 0. The number of aromatic nitrogens is 2. The number of ether oxygens (including phenoxy) is 1. The van der Waals surface area contributed by atoms with Gasteiger partial charge in [-0.15, -0.1) is 0 Å². The zero-order chi connectivity index (χ0) is 23.2. The fraction of sp³-hybridized carbons (Fsp3) is 0.0769. The summed E-state index contributed by atoms with van der Waals surface area (Å²) in [4.78, 5) is 8.32. The van der Waals surface area contributed by atoms with Gasteiger partial charge in [-0.25, -0.2) is 13.8 Å². The molecule has 0 aliphatic heterocycles. The molecule has 0 saturated carbocycles. The molecular weight excluding hydrogens is 422 g/mol. The second-order valence-electron chi connectivity index (χ2n) is 7.38. The highest BCUT2D eigenvalue weighted by molar-refractivity contribution is 5.67. The fourth-order valence-corrected chi connectivity index (χ4v) is 3.32. The Kier molecular flexibility index (Phi) is 6.59. The van der Waals surface area contributed by atoms with Crippen LogP contribution in [0.3, 0.4) is 0 Å². The molecule has 0 atom stereocenters. The summed E-state index contributed by atoms with van der Waals surface area (Å²) in [6.07, 6.45) is 5.06. The van der Waals surface area contributed by atoms with Gasteiger partial charge in [0.05, 0.1) is 0 Å². The molecule has 0 aliphatic carbocycles. The van der Waals surface area contributed by atoms with Crippen molar-refractivity contribution in [3.05, 3.63) is 114 Å². The molecule has 0 radical (unpaired) electrons. The van der Waals surface area contributed by atoms with Gasteiger partial charge in [0, 0.05) is 62.6 Å². The van der Waals surface area contributed by atoms with Gasteiger partial charge >= 0.3 is 0 Å². The average Bonchev–Trinajstić information content (AvgIpc) is 2.79. The van der Waals surface area contributed by atoms with E-state index in [0.717, 1.165) is 22.9 Å². The molecular formula is C26H26F2N4O. The smallest absolute Gasteiger partial charge is 0.134 e. The van der Waals surface area contributed by atoms with E-state index in [2.05, 4.69) is 27.2 Å². The van der Waals surface area contributed by atoms with Crippen molar-refractivity contribution in [2.45, 2.75) is 13.5 Å². The molecule has 0 aliphatic rings. The third-order valence-corrected chi connectivity index (χ3v) is 4.95. The van der Waals surface area contributed by atoms with Crippen LogP contribution in [-0.2, 0) is 6.54 Å². The first kappa shape index (κ1) is 22.0. The highest BCUT2D eigenvalue weighted by atomic mass is 19.1. The number of halogens is 2. The molecule has 5 nitrogen and oxygen atoms in total. The summed E-state index contributed by atoms with van der Waals surface area (Å²) in [5, 5.41) is 6.34. The predicted octanol–water partition coefficient (Wildman–Crippen LogP) is 6.85. The number of hydrogen-bond acceptors (Lipinski definition) is 5. The van der Waals surface area contributed by atoms with Crippen LogP contribution in [0.4, 0.5) is 20.3 Å². The van der Waals surface area contributed by atoms with Crippen LogP contribution >= 0.6 is 0 Å². The predicted molar refractivity (Wildman–Crippen MR) is 129 cm³/mol. The van der Waals surface area contributed by atoms with Gasteiger partial charge < -0.3 is 15.4 Å². The van der Waals surface area contributed by atoms with E-state index in [-0.39, 0.29) is 9.40 Å². The lowest BCUT2D eigenvalue weighted by molar-refractivity contribution is 0.478.